The SMILES string of the molecule is CC1COC(CO)CN1C(=O)C1(Cc2ccccc2)CC2CCC1C2. The molecule has 5 atom stereocenters. The van der Waals surface area contributed by atoms with E-state index in [9.17, 15) is 9.90 Å². The highest BCUT2D eigenvalue weighted by atomic mass is 16.5. The van der Waals surface area contributed by atoms with Crippen molar-refractivity contribution in [3.05, 3.63) is 35.9 Å². The fourth-order valence-electron chi connectivity index (χ4n) is 5.46. The monoisotopic (exact) mass is 343 g/mol. The molecule has 4 rings (SSSR count). The van der Waals surface area contributed by atoms with Crippen molar-refractivity contribution in [2.24, 2.45) is 17.3 Å². The first-order valence-electron chi connectivity index (χ1n) is 9.70. The fourth-order valence-corrected chi connectivity index (χ4v) is 5.46. The van der Waals surface area contributed by atoms with Crippen molar-refractivity contribution in [3.8, 4) is 0 Å². The van der Waals surface area contributed by atoms with Crippen LogP contribution >= 0.6 is 0 Å². The predicted molar refractivity (Wildman–Crippen MR) is 96.0 cm³/mol. The second-order valence-corrected chi connectivity index (χ2v) is 8.34. The molecule has 0 aromatic heterocycles. The van der Waals surface area contributed by atoms with Gasteiger partial charge in [-0.3, -0.25) is 4.79 Å². The van der Waals surface area contributed by atoms with Crippen LogP contribution in [0.25, 0.3) is 0 Å². The zero-order chi connectivity index (χ0) is 17.4. The van der Waals surface area contributed by atoms with Crippen LogP contribution in [0.5, 0.6) is 0 Å². The summed E-state index contributed by atoms with van der Waals surface area (Å²) in [6.07, 6.45) is 5.31. The standard InChI is InChI=1S/C21H29NO3/c1-15-14-25-19(13-23)12-22(15)20(24)21(10-16-5-3-2-4-6-16)11-17-7-8-18(21)9-17/h2-6,15,17-19,23H,7-14H2,1H3. The number of carbonyl (C=O) groups is 1. The number of hydrogen-bond acceptors (Lipinski definition) is 3. The molecule has 3 fully saturated rings. The third-order valence-electron chi connectivity index (χ3n) is 6.73. The van der Waals surface area contributed by atoms with Gasteiger partial charge >= 0.3 is 0 Å². The Hall–Kier alpha value is -1.39. The van der Waals surface area contributed by atoms with Crippen LogP contribution < -0.4 is 0 Å². The van der Waals surface area contributed by atoms with Gasteiger partial charge in [-0.15, -0.1) is 0 Å². The number of hydrogen-bond donors (Lipinski definition) is 1. The lowest BCUT2D eigenvalue weighted by atomic mass is 9.68. The Morgan fingerprint density at radius 3 is 2.76 bits per heavy atom. The summed E-state index contributed by atoms with van der Waals surface area (Å²) in [6, 6.07) is 10.6. The van der Waals surface area contributed by atoms with E-state index in [1.165, 1.54) is 24.8 Å². The van der Waals surface area contributed by atoms with E-state index in [-0.39, 0.29) is 24.2 Å². The van der Waals surface area contributed by atoms with Gasteiger partial charge in [0.05, 0.1) is 30.8 Å². The Morgan fingerprint density at radius 1 is 1.32 bits per heavy atom. The minimum Gasteiger partial charge on any atom is -0.394 e. The maximum Gasteiger partial charge on any atom is 0.229 e. The predicted octanol–water partition coefficient (Wildman–Crippen LogP) is 2.64. The second kappa shape index (κ2) is 6.73. The smallest absolute Gasteiger partial charge is 0.229 e. The maximum absolute atomic E-state index is 13.8. The molecular formula is C21H29NO3. The van der Waals surface area contributed by atoms with Crippen molar-refractivity contribution in [2.75, 3.05) is 19.8 Å². The summed E-state index contributed by atoms with van der Waals surface area (Å²) in [4.78, 5) is 15.8. The number of rotatable bonds is 4. The summed E-state index contributed by atoms with van der Waals surface area (Å²) in [7, 11) is 0. The Balaban J connectivity index is 1.63. The Kier molecular flexibility index (Phi) is 4.59. The van der Waals surface area contributed by atoms with Crippen molar-refractivity contribution < 1.29 is 14.6 Å². The molecular weight excluding hydrogens is 314 g/mol. The van der Waals surface area contributed by atoms with Crippen LogP contribution in [-0.2, 0) is 16.0 Å². The van der Waals surface area contributed by atoms with Crippen molar-refractivity contribution in [3.63, 3.8) is 0 Å². The van der Waals surface area contributed by atoms with E-state index in [2.05, 4.69) is 31.2 Å². The molecule has 1 saturated heterocycles. The summed E-state index contributed by atoms with van der Waals surface area (Å²) < 4.78 is 5.65. The number of aliphatic hydroxyl groups excluding tert-OH is 1. The maximum atomic E-state index is 13.8. The van der Waals surface area contributed by atoms with Crippen molar-refractivity contribution >= 4 is 5.91 Å². The quantitative estimate of drug-likeness (QED) is 0.914. The molecule has 5 unspecified atom stereocenters. The number of fused-ring (bicyclic) bond motifs is 2. The summed E-state index contributed by atoms with van der Waals surface area (Å²) in [5.41, 5.74) is 1.01. The summed E-state index contributed by atoms with van der Waals surface area (Å²) >= 11 is 0. The average molecular weight is 343 g/mol. The molecule has 1 N–H and O–H groups in total. The van der Waals surface area contributed by atoms with Gasteiger partial charge in [-0.1, -0.05) is 36.8 Å². The van der Waals surface area contributed by atoms with Crippen LogP contribution in [0.4, 0.5) is 0 Å². The number of carbonyl (C=O) groups excluding carboxylic acids is 1. The molecule has 4 heteroatoms. The van der Waals surface area contributed by atoms with Gasteiger partial charge in [-0.05, 0) is 50.0 Å². The topological polar surface area (TPSA) is 49.8 Å². The summed E-state index contributed by atoms with van der Waals surface area (Å²) in [6.45, 7) is 3.08. The molecule has 1 aromatic rings. The highest BCUT2D eigenvalue weighted by Crippen LogP contribution is 2.58. The van der Waals surface area contributed by atoms with Gasteiger partial charge in [0.1, 0.15) is 0 Å². The van der Waals surface area contributed by atoms with Gasteiger partial charge in [-0.2, -0.15) is 0 Å². The van der Waals surface area contributed by atoms with Crippen LogP contribution in [0.2, 0.25) is 0 Å². The first kappa shape index (κ1) is 17.0. The number of amides is 1. The van der Waals surface area contributed by atoms with Gasteiger partial charge in [0.2, 0.25) is 5.91 Å². The summed E-state index contributed by atoms with van der Waals surface area (Å²) in [5, 5.41) is 9.48. The molecule has 1 heterocycles. The number of benzene rings is 1. The van der Waals surface area contributed by atoms with E-state index in [0.717, 1.165) is 12.8 Å². The number of morpholine rings is 1. The van der Waals surface area contributed by atoms with E-state index in [1.807, 2.05) is 11.0 Å². The van der Waals surface area contributed by atoms with Gasteiger partial charge in [-0.25, -0.2) is 0 Å². The fraction of sp³-hybridized carbons (Fsp3) is 0.667. The molecule has 1 aliphatic heterocycles. The van der Waals surface area contributed by atoms with Gasteiger partial charge < -0.3 is 14.7 Å². The molecule has 2 aliphatic carbocycles. The van der Waals surface area contributed by atoms with Crippen molar-refractivity contribution in [2.45, 2.75) is 51.2 Å². The van der Waals surface area contributed by atoms with Crippen LogP contribution in [-0.4, -0.2) is 47.8 Å². The van der Waals surface area contributed by atoms with Crippen molar-refractivity contribution in [1.29, 1.82) is 0 Å². The zero-order valence-corrected chi connectivity index (χ0v) is 15.1. The molecule has 1 aromatic carbocycles. The third-order valence-corrected chi connectivity index (χ3v) is 6.73. The van der Waals surface area contributed by atoms with E-state index >= 15 is 0 Å². The second-order valence-electron chi connectivity index (χ2n) is 8.34. The largest absolute Gasteiger partial charge is 0.394 e. The highest BCUT2D eigenvalue weighted by molar-refractivity contribution is 5.84. The molecule has 2 saturated carbocycles. The van der Waals surface area contributed by atoms with Gasteiger partial charge in [0, 0.05) is 6.54 Å². The van der Waals surface area contributed by atoms with E-state index in [1.54, 1.807) is 0 Å². The first-order valence-corrected chi connectivity index (χ1v) is 9.70. The minimum atomic E-state index is -0.254. The van der Waals surface area contributed by atoms with Crippen LogP contribution in [0.15, 0.2) is 30.3 Å². The Bertz CT molecular complexity index is 619. The zero-order valence-electron chi connectivity index (χ0n) is 15.1. The summed E-state index contributed by atoms with van der Waals surface area (Å²) in [5.74, 6) is 1.52. The lowest BCUT2D eigenvalue weighted by Crippen LogP contribution is -2.58. The lowest BCUT2D eigenvalue weighted by molar-refractivity contribution is -0.160. The van der Waals surface area contributed by atoms with Crippen LogP contribution in [0.3, 0.4) is 0 Å². The van der Waals surface area contributed by atoms with E-state index in [4.69, 9.17) is 4.74 Å². The van der Waals surface area contributed by atoms with Crippen molar-refractivity contribution in [1.82, 2.24) is 4.90 Å². The molecule has 1 amide bonds. The van der Waals surface area contributed by atoms with Crippen LogP contribution in [0.1, 0.15) is 38.2 Å². The molecule has 4 nitrogen and oxygen atoms in total. The highest BCUT2D eigenvalue weighted by Gasteiger charge is 2.57. The molecule has 136 valence electrons. The molecule has 0 spiro atoms. The third kappa shape index (κ3) is 3.00. The Labute approximate surface area is 150 Å². The minimum absolute atomic E-state index is 0.0196. The molecule has 2 bridgehead atoms. The number of nitrogens with zero attached hydrogens (tertiary/aromatic N) is 1. The molecule has 0 radical (unpaired) electrons. The molecule has 3 aliphatic rings. The van der Waals surface area contributed by atoms with Gasteiger partial charge in [0.25, 0.3) is 0 Å². The normalized spacial score (nSPS) is 37.4. The number of ether oxygens (including phenoxy) is 1. The van der Waals surface area contributed by atoms with E-state index in [0.29, 0.717) is 30.9 Å². The van der Waals surface area contributed by atoms with E-state index < -0.39 is 0 Å². The van der Waals surface area contributed by atoms with Crippen LogP contribution in [0, 0.1) is 17.3 Å². The molecule has 25 heavy (non-hydrogen) atoms. The lowest BCUT2D eigenvalue weighted by Gasteiger charge is -2.45. The first-order chi connectivity index (χ1) is 12.1. The Morgan fingerprint density at radius 2 is 2.12 bits per heavy atom. The van der Waals surface area contributed by atoms with Gasteiger partial charge in [0.15, 0.2) is 0 Å². The average Bonchev–Trinajstić information content (AvgIpc) is 3.24. The number of aliphatic hydroxyl groups is 1.